The van der Waals surface area contributed by atoms with Crippen LogP contribution >= 0.6 is 0 Å². The van der Waals surface area contributed by atoms with Gasteiger partial charge in [-0.05, 0) is 95.5 Å². The Balaban J connectivity index is 1.10. The van der Waals surface area contributed by atoms with Crippen LogP contribution in [-0.4, -0.2) is 88.1 Å². The number of hydrogen-bond donors (Lipinski definition) is 4. The average Bonchev–Trinajstić information content (AvgIpc) is 4.01. The lowest BCUT2D eigenvalue weighted by molar-refractivity contribution is -0.136. The number of methoxy groups -OCH3 is 2. The molecule has 2 aliphatic heterocycles. The molecule has 4 N–H and O–H groups in total. The molecule has 0 saturated carbocycles. The van der Waals surface area contributed by atoms with E-state index in [0.29, 0.717) is 19.0 Å². The molecular weight excluding hydrogens is 747 g/mol. The van der Waals surface area contributed by atoms with E-state index >= 15 is 0 Å². The molecule has 6 atom stereocenters. The first-order valence-electron chi connectivity index (χ1n) is 20.7. The third-order valence-corrected chi connectivity index (χ3v) is 12.2. The highest BCUT2D eigenvalue weighted by Crippen LogP contribution is 2.41. The average molecular weight is 804 g/mol. The number of imidazole rings is 1. The minimum Gasteiger partial charge on any atom is -0.453 e. The second kappa shape index (κ2) is 16.8. The van der Waals surface area contributed by atoms with Gasteiger partial charge in [0, 0.05) is 29.7 Å². The molecule has 0 aliphatic carbocycles. The molecule has 2 saturated heterocycles. The van der Waals surface area contributed by atoms with E-state index in [-0.39, 0.29) is 41.7 Å². The largest absolute Gasteiger partial charge is 0.453 e. The Morgan fingerprint density at radius 3 is 1.71 bits per heavy atom. The number of alkyl carbamates (subject to hydrolysis) is 2. The van der Waals surface area contributed by atoms with Gasteiger partial charge in [0.1, 0.15) is 17.9 Å². The number of rotatable bonds is 10. The van der Waals surface area contributed by atoms with Gasteiger partial charge >= 0.3 is 12.2 Å². The summed E-state index contributed by atoms with van der Waals surface area (Å²) in [4.78, 5) is 67.8. The van der Waals surface area contributed by atoms with Crippen LogP contribution in [0.4, 0.5) is 9.59 Å². The SMILES string of the molecule is COC(=O)N[C@H](C(=O)N1C[C@@H](C)C[C@H]1c1nc2ccc(-c3ccc(-c4ccc5[nH]c([C@@H]6C[C@H](C)CN6C(=O)[C@@H](NC(=O)OC)C(C)C)c(C)c5c4)cc3)cc2[nH]1)C(C)C. The maximum absolute atomic E-state index is 13.9. The lowest BCUT2D eigenvalue weighted by Gasteiger charge is -2.30. The zero-order valence-corrected chi connectivity index (χ0v) is 35.5. The molecule has 4 heterocycles. The van der Waals surface area contributed by atoms with E-state index in [9.17, 15) is 19.2 Å². The Bertz CT molecular complexity index is 2360. The number of nitrogens with one attached hydrogen (secondary N) is 4. The second-order valence-electron chi connectivity index (χ2n) is 17.3. The van der Waals surface area contributed by atoms with Crippen LogP contribution in [0.25, 0.3) is 44.2 Å². The lowest BCUT2D eigenvalue weighted by Crippen LogP contribution is -2.51. The molecule has 0 bridgehead atoms. The normalized spacial score (nSPS) is 20.4. The van der Waals surface area contributed by atoms with Gasteiger partial charge in [0.2, 0.25) is 11.8 Å². The smallest absolute Gasteiger partial charge is 0.407 e. The number of carbonyl (C=O) groups is 4. The number of nitrogens with zero attached hydrogens (tertiary/aromatic N) is 3. The summed E-state index contributed by atoms with van der Waals surface area (Å²) >= 11 is 0. The maximum atomic E-state index is 13.9. The zero-order valence-electron chi connectivity index (χ0n) is 35.5. The second-order valence-corrected chi connectivity index (χ2v) is 17.3. The van der Waals surface area contributed by atoms with Crippen molar-refractivity contribution < 1.29 is 28.7 Å². The van der Waals surface area contributed by atoms with Gasteiger partial charge in [0.05, 0.1) is 37.3 Å². The summed E-state index contributed by atoms with van der Waals surface area (Å²) in [5, 5.41) is 6.59. The van der Waals surface area contributed by atoms with Crippen molar-refractivity contribution >= 4 is 45.9 Å². The highest BCUT2D eigenvalue weighted by atomic mass is 16.5. The lowest BCUT2D eigenvalue weighted by atomic mass is 9.97. The van der Waals surface area contributed by atoms with Crippen molar-refractivity contribution in [1.29, 1.82) is 0 Å². The molecule has 312 valence electrons. The van der Waals surface area contributed by atoms with Crippen molar-refractivity contribution in [2.24, 2.45) is 23.7 Å². The zero-order chi connectivity index (χ0) is 42.3. The summed E-state index contributed by atoms with van der Waals surface area (Å²) in [6.45, 7) is 15.3. The maximum Gasteiger partial charge on any atom is 0.407 e. The van der Waals surface area contributed by atoms with Crippen molar-refractivity contribution in [3.05, 3.63) is 77.7 Å². The highest BCUT2D eigenvalue weighted by Gasteiger charge is 2.41. The van der Waals surface area contributed by atoms with E-state index in [1.165, 1.54) is 14.2 Å². The van der Waals surface area contributed by atoms with Crippen molar-refractivity contribution in [2.45, 2.75) is 85.5 Å². The number of fused-ring (bicyclic) bond motifs is 2. The minimum atomic E-state index is -0.702. The third-order valence-electron chi connectivity index (χ3n) is 12.2. The molecule has 0 unspecified atom stereocenters. The topological polar surface area (TPSA) is 162 Å². The predicted molar refractivity (Wildman–Crippen MR) is 228 cm³/mol. The molecule has 13 nitrogen and oxygen atoms in total. The summed E-state index contributed by atoms with van der Waals surface area (Å²) in [5.74, 6) is 0.870. The number of ether oxygens (including phenoxy) is 2. The first-order valence-corrected chi connectivity index (χ1v) is 20.7. The van der Waals surface area contributed by atoms with Crippen LogP contribution in [0.1, 0.15) is 83.5 Å². The van der Waals surface area contributed by atoms with E-state index in [0.717, 1.165) is 74.1 Å². The number of aromatic nitrogens is 3. The first kappa shape index (κ1) is 41.3. The fourth-order valence-electron chi connectivity index (χ4n) is 8.95. The summed E-state index contributed by atoms with van der Waals surface area (Å²) in [6.07, 6.45) is 0.364. The highest BCUT2D eigenvalue weighted by molar-refractivity contribution is 5.91. The van der Waals surface area contributed by atoms with Crippen LogP contribution in [0.2, 0.25) is 0 Å². The summed E-state index contributed by atoms with van der Waals surface area (Å²) in [7, 11) is 2.60. The molecule has 4 amide bonds. The van der Waals surface area contributed by atoms with E-state index < -0.39 is 24.3 Å². The summed E-state index contributed by atoms with van der Waals surface area (Å²) < 4.78 is 9.62. The van der Waals surface area contributed by atoms with Gasteiger partial charge in [0.15, 0.2) is 0 Å². The fraction of sp³-hybridized carbons (Fsp3) is 0.457. The number of amides is 4. The molecule has 5 aromatic rings. The molecule has 2 aliphatic rings. The number of hydrogen-bond acceptors (Lipinski definition) is 7. The van der Waals surface area contributed by atoms with Gasteiger partial charge in [-0.1, -0.05) is 77.9 Å². The number of likely N-dealkylation sites (tertiary alicyclic amines) is 2. The molecule has 2 aromatic heterocycles. The Morgan fingerprint density at radius 2 is 1.17 bits per heavy atom. The van der Waals surface area contributed by atoms with Crippen molar-refractivity contribution in [1.82, 2.24) is 35.4 Å². The van der Waals surface area contributed by atoms with E-state index in [1.807, 2.05) is 43.6 Å². The molecule has 0 radical (unpaired) electrons. The number of H-pyrrole nitrogens is 2. The minimum absolute atomic E-state index is 0.0982. The van der Waals surface area contributed by atoms with Gasteiger partial charge in [-0.3, -0.25) is 9.59 Å². The number of aromatic amines is 2. The van der Waals surface area contributed by atoms with Gasteiger partial charge in [0.25, 0.3) is 0 Å². The van der Waals surface area contributed by atoms with Gasteiger partial charge in [-0.25, -0.2) is 14.6 Å². The van der Waals surface area contributed by atoms with Gasteiger partial charge < -0.3 is 39.9 Å². The molecule has 13 heteroatoms. The van der Waals surface area contributed by atoms with Crippen LogP contribution in [-0.2, 0) is 19.1 Å². The third kappa shape index (κ3) is 8.24. The Hall–Kier alpha value is -5.85. The molecule has 59 heavy (non-hydrogen) atoms. The number of carbonyl (C=O) groups excluding carboxylic acids is 4. The molecule has 7 rings (SSSR count). The first-order chi connectivity index (χ1) is 28.2. The Morgan fingerprint density at radius 1 is 0.678 bits per heavy atom. The number of benzene rings is 3. The Labute approximate surface area is 345 Å². The van der Waals surface area contributed by atoms with Crippen LogP contribution in [0.5, 0.6) is 0 Å². The predicted octanol–water partition coefficient (Wildman–Crippen LogP) is 8.27. The molecular formula is C46H57N7O6. The standard InChI is InChI=1S/C46H57N7O6/c1-24(2)39(50-45(56)58-8)43(54)52-22-26(5)18-37(52)41-28(7)33-20-31(14-16-34(33)47-41)29-10-12-30(13-11-29)32-15-17-35-36(21-32)49-42(48-35)38-19-27(6)23-53(38)44(55)40(25(3)4)51-46(57)59-9/h10-17,20-21,24-27,37-40,47H,18-19,22-23H2,1-9H3,(H,48,49)(H,50,56)(H,51,57)/t26-,27-,37-,38-,39-,40-/m0/s1. The van der Waals surface area contributed by atoms with Crippen LogP contribution < -0.4 is 10.6 Å². The van der Waals surface area contributed by atoms with Gasteiger partial charge in [-0.2, -0.15) is 0 Å². The molecule has 0 spiro atoms. The van der Waals surface area contributed by atoms with Crippen LogP contribution in [0.3, 0.4) is 0 Å². The van der Waals surface area contributed by atoms with E-state index in [4.69, 9.17) is 14.5 Å². The van der Waals surface area contributed by atoms with E-state index in [1.54, 1.807) is 0 Å². The van der Waals surface area contributed by atoms with E-state index in [2.05, 4.69) is 96.0 Å². The summed E-state index contributed by atoms with van der Waals surface area (Å²) in [5.41, 5.74) is 9.16. The van der Waals surface area contributed by atoms with Crippen molar-refractivity contribution in [3.63, 3.8) is 0 Å². The van der Waals surface area contributed by atoms with Crippen LogP contribution in [0.15, 0.2) is 60.7 Å². The van der Waals surface area contributed by atoms with Crippen LogP contribution in [0, 0.1) is 30.6 Å². The van der Waals surface area contributed by atoms with Crippen molar-refractivity contribution in [3.8, 4) is 22.3 Å². The van der Waals surface area contributed by atoms with Crippen molar-refractivity contribution in [2.75, 3.05) is 27.3 Å². The fourth-order valence-corrected chi connectivity index (χ4v) is 8.95. The monoisotopic (exact) mass is 803 g/mol. The Kier molecular flexibility index (Phi) is 11.8. The molecule has 3 aromatic carbocycles. The van der Waals surface area contributed by atoms with Gasteiger partial charge in [-0.15, -0.1) is 0 Å². The quantitative estimate of drug-likeness (QED) is 0.111. The molecule has 2 fully saturated rings. The number of aryl methyl sites for hydroxylation is 1. The summed E-state index contributed by atoms with van der Waals surface area (Å²) in [6, 6.07) is 19.4.